The molecule has 3 rings (SSSR count). The Kier molecular flexibility index (Phi) is 5.46. The molecular formula is C20H20ClN3O3S. The highest BCUT2D eigenvalue weighted by molar-refractivity contribution is 7.16. The number of non-ortho nitro benzene ring substituents is 1. The molecule has 0 fully saturated rings. The fourth-order valence-corrected chi connectivity index (χ4v) is 4.98. The minimum atomic E-state index is -0.579. The van der Waals surface area contributed by atoms with E-state index in [1.165, 1.54) is 23.5 Å². The molecule has 0 radical (unpaired) electrons. The number of nitrogens with one attached hydrogen (secondary N) is 1. The van der Waals surface area contributed by atoms with Crippen molar-refractivity contribution in [3.63, 3.8) is 0 Å². The molecule has 6 nitrogen and oxygen atoms in total. The number of rotatable bonds is 3. The standard InChI is InChI=1S/C20H20ClN3O3S/c1-20(2,3)11-4-6-13-15(10-22)19(28-17(13)8-11)23-18(25)14-9-12(24(26)27)5-7-16(14)21/h5,7,9,11H,4,6,8H2,1-3H3,(H,23,25)/t11-/m0/s1. The number of carbonyl (C=O) groups is 1. The third kappa shape index (κ3) is 3.89. The monoisotopic (exact) mass is 417 g/mol. The van der Waals surface area contributed by atoms with Crippen molar-refractivity contribution in [2.75, 3.05) is 5.32 Å². The Morgan fingerprint density at radius 3 is 2.75 bits per heavy atom. The molecule has 8 heteroatoms. The van der Waals surface area contributed by atoms with Crippen molar-refractivity contribution in [1.29, 1.82) is 5.26 Å². The maximum Gasteiger partial charge on any atom is 0.270 e. The van der Waals surface area contributed by atoms with Crippen LogP contribution in [0.1, 0.15) is 53.6 Å². The molecule has 28 heavy (non-hydrogen) atoms. The van der Waals surface area contributed by atoms with E-state index in [0.29, 0.717) is 16.5 Å². The van der Waals surface area contributed by atoms with E-state index in [2.05, 4.69) is 32.2 Å². The zero-order valence-electron chi connectivity index (χ0n) is 15.8. The Morgan fingerprint density at radius 2 is 2.14 bits per heavy atom. The first-order chi connectivity index (χ1) is 13.1. The van der Waals surface area contributed by atoms with Gasteiger partial charge in [-0.15, -0.1) is 11.3 Å². The highest BCUT2D eigenvalue weighted by Gasteiger charge is 2.32. The molecule has 0 saturated heterocycles. The number of hydrogen-bond donors (Lipinski definition) is 1. The quantitative estimate of drug-likeness (QED) is 0.520. The van der Waals surface area contributed by atoms with E-state index >= 15 is 0 Å². The lowest BCUT2D eigenvalue weighted by Crippen LogP contribution is -2.26. The van der Waals surface area contributed by atoms with Crippen LogP contribution in [0.2, 0.25) is 5.02 Å². The first-order valence-electron chi connectivity index (χ1n) is 8.91. The number of benzene rings is 1. The van der Waals surface area contributed by atoms with Gasteiger partial charge in [0.05, 0.1) is 21.1 Å². The molecule has 0 spiro atoms. The van der Waals surface area contributed by atoms with Crippen LogP contribution < -0.4 is 5.32 Å². The molecule has 1 heterocycles. The zero-order chi connectivity index (χ0) is 20.6. The minimum absolute atomic E-state index is 0.0127. The fourth-order valence-electron chi connectivity index (χ4n) is 3.50. The Morgan fingerprint density at radius 1 is 1.43 bits per heavy atom. The van der Waals surface area contributed by atoms with Crippen LogP contribution in [0.15, 0.2) is 18.2 Å². The van der Waals surface area contributed by atoms with Gasteiger partial charge in [0.1, 0.15) is 11.1 Å². The number of nitrogens with zero attached hydrogens (tertiary/aromatic N) is 2. The second-order valence-corrected chi connectivity index (χ2v) is 9.51. The predicted octanol–water partition coefficient (Wildman–Crippen LogP) is 5.58. The third-order valence-electron chi connectivity index (χ3n) is 5.23. The number of hydrogen-bond acceptors (Lipinski definition) is 5. The number of nitriles is 1. The van der Waals surface area contributed by atoms with Crippen LogP contribution in [0, 0.1) is 32.8 Å². The number of carbonyl (C=O) groups excluding carboxylic acids is 1. The van der Waals surface area contributed by atoms with Gasteiger partial charge in [-0.2, -0.15) is 5.26 Å². The van der Waals surface area contributed by atoms with E-state index in [9.17, 15) is 20.2 Å². The summed E-state index contributed by atoms with van der Waals surface area (Å²) in [5, 5.41) is 24.0. The highest BCUT2D eigenvalue weighted by Crippen LogP contribution is 2.44. The summed E-state index contributed by atoms with van der Waals surface area (Å²) in [5.41, 5.74) is 1.47. The lowest BCUT2D eigenvalue weighted by molar-refractivity contribution is -0.384. The Hall–Kier alpha value is -2.43. The predicted molar refractivity (Wildman–Crippen MR) is 110 cm³/mol. The molecule has 1 aliphatic rings. The van der Waals surface area contributed by atoms with Gasteiger partial charge in [0, 0.05) is 17.0 Å². The van der Waals surface area contributed by atoms with Crippen molar-refractivity contribution in [1.82, 2.24) is 0 Å². The van der Waals surface area contributed by atoms with Gasteiger partial charge < -0.3 is 5.32 Å². The Bertz CT molecular complexity index is 1000. The maximum atomic E-state index is 12.7. The van der Waals surface area contributed by atoms with Gasteiger partial charge in [0.2, 0.25) is 0 Å². The molecule has 0 aliphatic heterocycles. The summed E-state index contributed by atoms with van der Waals surface area (Å²) >= 11 is 7.48. The van der Waals surface area contributed by atoms with Crippen molar-refractivity contribution in [3.05, 3.63) is 54.9 Å². The SMILES string of the molecule is CC(C)(C)[C@H]1CCc2c(sc(NC(=O)c3cc([N+](=O)[O-])ccc3Cl)c2C#N)C1. The minimum Gasteiger partial charge on any atom is -0.312 e. The first kappa shape index (κ1) is 20.3. The number of halogens is 1. The smallest absolute Gasteiger partial charge is 0.270 e. The lowest BCUT2D eigenvalue weighted by atomic mass is 9.72. The van der Waals surface area contributed by atoms with Crippen LogP contribution in [0.4, 0.5) is 10.7 Å². The van der Waals surface area contributed by atoms with E-state index < -0.39 is 10.8 Å². The summed E-state index contributed by atoms with van der Waals surface area (Å²) in [6.07, 6.45) is 2.70. The van der Waals surface area contributed by atoms with Gasteiger partial charge in [-0.25, -0.2) is 0 Å². The van der Waals surface area contributed by atoms with Crippen LogP contribution in [0.5, 0.6) is 0 Å². The molecule has 1 aromatic carbocycles. The van der Waals surface area contributed by atoms with Gasteiger partial charge in [0.15, 0.2) is 0 Å². The average molecular weight is 418 g/mol. The molecule has 1 atom stereocenters. The fraction of sp³-hybridized carbons (Fsp3) is 0.400. The van der Waals surface area contributed by atoms with Gasteiger partial charge in [0.25, 0.3) is 11.6 Å². The molecule has 2 aromatic rings. The third-order valence-corrected chi connectivity index (χ3v) is 6.73. The van der Waals surface area contributed by atoms with Crippen molar-refractivity contribution < 1.29 is 9.72 Å². The average Bonchev–Trinajstić information content (AvgIpc) is 2.96. The van der Waals surface area contributed by atoms with E-state index in [4.69, 9.17) is 11.6 Å². The number of nitro groups is 1. The van der Waals surface area contributed by atoms with Crippen molar-refractivity contribution >= 4 is 39.5 Å². The molecule has 0 bridgehead atoms. The number of thiophene rings is 1. The van der Waals surface area contributed by atoms with Gasteiger partial charge in [-0.3, -0.25) is 14.9 Å². The molecule has 0 saturated carbocycles. The van der Waals surface area contributed by atoms with Gasteiger partial charge in [-0.1, -0.05) is 32.4 Å². The normalized spacial score (nSPS) is 16.2. The van der Waals surface area contributed by atoms with Crippen LogP contribution in [0.3, 0.4) is 0 Å². The number of nitro benzene ring substituents is 1. The van der Waals surface area contributed by atoms with E-state index in [0.717, 1.165) is 35.8 Å². The number of amides is 1. The summed E-state index contributed by atoms with van der Waals surface area (Å²) in [4.78, 5) is 24.2. The molecular weight excluding hydrogens is 398 g/mol. The maximum absolute atomic E-state index is 12.7. The van der Waals surface area contributed by atoms with Gasteiger partial charge in [-0.05, 0) is 42.2 Å². The molecule has 1 aliphatic carbocycles. The molecule has 0 unspecified atom stereocenters. The van der Waals surface area contributed by atoms with Gasteiger partial charge >= 0.3 is 0 Å². The van der Waals surface area contributed by atoms with Crippen LogP contribution in [0.25, 0.3) is 0 Å². The van der Waals surface area contributed by atoms with Crippen molar-refractivity contribution in [2.45, 2.75) is 40.0 Å². The molecule has 1 aromatic heterocycles. The number of fused-ring (bicyclic) bond motifs is 1. The molecule has 146 valence electrons. The summed E-state index contributed by atoms with van der Waals surface area (Å²) in [7, 11) is 0. The van der Waals surface area contributed by atoms with Crippen LogP contribution in [-0.4, -0.2) is 10.8 Å². The van der Waals surface area contributed by atoms with Crippen LogP contribution >= 0.6 is 22.9 Å². The Labute approximate surface area is 172 Å². The van der Waals surface area contributed by atoms with Crippen molar-refractivity contribution in [3.8, 4) is 6.07 Å². The van der Waals surface area contributed by atoms with E-state index in [1.807, 2.05) is 0 Å². The summed E-state index contributed by atoms with van der Waals surface area (Å²) < 4.78 is 0. The molecule has 1 amide bonds. The summed E-state index contributed by atoms with van der Waals surface area (Å²) in [5.74, 6) is -0.0452. The van der Waals surface area contributed by atoms with Crippen LogP contribution in [-0.2, 0) is 12.8 Å². The second kappa shape index (κ2) is 7.53. The second-order valence-electron chi connectivity index (χ2n) is 8.00. The number of anilines is 1. The molecule has 1 N–H and O–H groups in total. The highest BCUT2D eigenvalue weighted by atomic mass is 35.5. The van der Waals surface area contributed by atoms with Crippen molar-refractivity contribution in [2.24, 2.45) is 11.3 Å². The zero-order valence-corrected chi connectivity index (χ0v) is 17.4. The largest absolute Gasteiger partial charge is 0.312 e. The Balaban J connectivity index is 1.91. The first-order valence-corrected chi connectivity index (χ1v) is 10.1. The van der Waals surface area contributed by atoms with E-state index in [1.54, 1.807) is 0 Å². The topological polar surface area (TPSA) is 96.0 Å². The summed E-state index contributed by atoms with van der Waals surface area (Å²) in [6.45, 7) is 6.65. The van der Waals surface area contributed by atoms with E-state index in [-0.39, 0.29) is 21.7 Å². The lowest BCUT2D eigenvalue weighted by Gasteiger charge is -2.33. The summed E-state index contributed by atoms with van der Waals surface area (Å²) in [6, 6.07) is 5.93.